The van der Waals surface area contributed by atoms with Crippen molar-refractivity contribution in [2.75, 3.05) is 20.2 Å². The number of carbonyl (C=O) groups excluding carboxylic acids is 1. The van der Waals surface area contributed by atoms with E-state index in [0.717, 1.165) is 18.4 Å². The van der Waals surface area contributed by atoms with Crippen molar-refractivity contribution >= 4 is 15.9 Å². The first-order valence-electron chi connectivity index (χ1n) is 8.37. The first kappa shape index (κ1) is 18.3. The van der Waals surface area contributed by atoms with E-state index in [1.54, 1.807) is 29.4 Å². The maximum atomic E-state index is 12.7. The van der Waals surface area contributed by atoms with Crippen LogP contribution in [0.5, 0.6) is 5.75 Å². The Hall–Kier alpha value is -2.45. The van der Waals surface area contributed by atoms with Crippen LogP contribution in [0.25, 0.3) is 0 Å². The number of hydrogen-bond donors (Lipinski definition) is 1. The third kappa shape index (κ3) is 4.03. The number of nitrogens with zero attached hydrogens (tertiary/aromatic N) is 2. The van der Waals surface area contributed by atoms with Gasteiger partial charge in [-0.05, 0) is 42.7 Å². The second-order valence-corrected chi connectivity index (χ2v) is 7.81. The zero-order valence-corrected chi connectivity index (χ0v) is 15.3. The van der Waals surface area contributed by atoms with Crippen LogP contribution < -0.4 is 9.46 Å². The molecule has 2 aromatic rings. The monoisotopic (exact) mass is 375 g/mol. The molecule has 7 nitrogen and oxygen atoms in total. The highest BCUT2D eigenvalue weighted by atomic mass is 32.2. The van der Waals surface area contributed by atoms with Gasteiger partial charge in [-0.15, -0.1) is 0 Å². The fourth-order valence-corrected chi connectivity index (χ4v) is 3.92. The van der Waals surface area contributed by atoms with E-state index < -0.39 is 10.0 Å². The van der Waals surface area contributed by atoms with Crippen molar-refractivity contribution in [3.05, 3.63) is 53.9 Å². The Labute approximate surface area is 153 Å². The largest absolute Gasteiger partial charge is 0.496 e. The zero-order valence-electron chi connectivity index (χ0n) is 14.5. The van der Waals surface area contributed by atoms with Crippen LogP contribution in [0, 0.1) is 0 Å². The van der Waals surface area contributed by atoms with E-state index >= 15 is 0 Å². The number of hydrogen-bond acceptors (Lipinski definition) is 5. The number of amides is 1. The van der Waals surface area contributed by atoms with Gasteiger partial charge in [0.2, 0.25) is 10.0 Å². The number of nitrogens with one attached hydrogen (secondary N) is 1. The minimum Gasteiger partial charge on any atom is -0.496 e. The van der Waals surface area contributed by atoms with Gasteiger partial charge in [-0.3, -0.25) is 9.78 Å². The van der Waals surface area contributed by atoms with E-state index in [0.29, 0.717) is 18.8 Å². The van der Waals surface area contributed by atoms with E-state index in [1.807, 2.05) is 0 Å². The van der Waals surface area contributed by atoms with Gasteiger partial charge in [0.1, 0.15) is 5.75 Å². The summed E-state index contributed by atoms with van der Waals surface area (Å²) in [6.07, 6.45) is 5.13. The molecule has 8 heteroatoms. The molecule has 2 heterocycles. The Kier molecular flexibility index (Phi) is 5.53. The first-order chi connectivity index (χ1) is 12.5. The van der Waals surface area contributed by atoms with E-state index in [9.17, 15) is 13.2 Å². The van der Waals surface area contributed by atoms with Gasteiger partial charge in [0.15, 0.2) is 0 Å². The molecule has 26 heavy (non-hydrogen) atoms. The maximum absolute atomic E-state index is 12.7. The van der Waals surface area contributed by atoms with Gasteiger partial charge < -0.3 is 9.64 Å². The first-order valence-corrected chi connectivity index (χ1v) is 9.85. The molecule has 0 saturated carbocycles. The highest BCUT2D eigenvalue weighted by Crippen LogP contribution is 2.25. The lowest BCUT2D eigenvalue weighted by atomic mass is 10.1. The van der Waals surface area contributed by atoms with Crippen LogP contribution in [-0.2, 0) is 16.6 Å². The summed E-state index contributed by atoms with van der Waals surface area (Å²) in [5, 5.41) is 0. The lowest BCUT2D eigenvalue weighted by Crippen LogP contribution is -2.29. The molecule has 0 aliphatic carbocycles. The molecule has 1 aliphatic rings. The van der Waals surface area contributed by atoms with Crippen LogP contribution in [0.1, 0.15) is 28.8 Å². The van der Waals surface area contributed by atoms with Gasteiger partial charge in [0, 0.05) is 32.0 Å². The summed E-state index contributed by atoms with van der Waals surface area (Å²) in [6, 6.07) is 7.86. The van der Waals surface area contributed by atoms with Crippen molar-refractivity contribution in [3.8, 4) is 5.75 Å². The number of ether oxygens (including phenoxy) is 1. The number of likely N-dealkylation sites (tertiary alicyclic amines) is 1. The fraction of sp³-hybridized carbons (Fsp3) is 0.333. The van der Waals surface area contributed by atoms with Crippen LogP contribution in [0.4, 0.5) is 0 Å². The number of methoxy groups -OCH3 is 1. The average Bonchev–Trinajstić information content (AvgIpc) is 3.21. The van der Waals surface area contributed by atoms with Gasteiger partial charge in [0.25, 0.3) is 5.91 Å². The number of rotatable bonds is 6. The van der Waals surface area contributed by atoms with Gasteiger partial charge in [-0.2, -0.15) is 0 Å². The van der Waals surface area contributed by atoms with E-state index in [2.05, 4.69) is 9.71 Å². The zero-order chi connectivity index (χ0) is 18.6. The van der Waals surface area contributed by atoms with Crippen LogP contribution in [0.3, 0.4) is 0 Å². The average molecular weight is 375 g/mol. The molecule has 0 radical (unpaired) electrons. The van der Waals surface area contributed by atoms with Gasteiger partial charge in [-0.25, -0.2) is 13.1 Å². The predicted octanol–water partition coefficient (Wildman–Crippen LogP) is 1.80. The maximum Gasteiger partial charge on any atom is 0.257 e. The van der Waals surface area contributed by atoms with E-state index in [-0.39, 0.29) is 22.9 Å². The standard InChI is InChI=1S/C18H21N3O4S/c1-25-17-7-6-15(11-16(17)18(22)21-9-2-3-10-21)26(23,24)20-13-14-5-4-8-19-12-14/h4-8,11-12,20H,2-3,9-10,13H2,1H3. The van der Waals surface area contributed by atoms with Gasteiger partial charge in [0.05, 0.1) is 17.6 Å². The molecule has 1 fully saturated rings. The van der Waals surface area contributed by atoms with Crippen LogP contribution in [-0.4, -0.2) is 44.4 Å². The van der Waals surface area contributed by atoms with Crippen molar-refractivity contribution in [1.82, 2.24) is 14.6 Å². The Balaban J connectivity index is 1.84. The molecule has 3 rings (SSSR count). The Morgan fingerprint density at radius 3 is 2.69 bits per heavy atom. The van der Waals surface area contributed by atoms with Crippen LogP contribution >= 0.6 is 0 Å². The Morgan fingerprint density at radius 2 is 2.04 bits per heavy atom. The molecule has 1 amide bonds. The molecule has 0 unspecified atom stereocenters. The number of carbonyl (C=O) groups is 1. The molecule has 1 aliphatic heterocycles. The summed E-state index contributed by atoms with van der Waals surface area (Å²) in [6.45, 7) is 1.48. The molecule has 1 aromatic heterocycles. The SMILES string of the molecule is COc1ccc(S(=O)(=O)NCc2cccnc2)cc1C(=O)N1CCCC1. The van der Waals surface area contributed by atoms with E-state index in [4.69, 9.17) is 4.74 Å². The summed E-state index contributed by atoms with van der Waals surface area (Å²) in [5.41, 5.74) is 1.01. The Morgan fingerprint density at radius 1 is 1.27 bits per heavy atom. The highest BCUT2D eigenvalue weighted by molar-refractivity contribution is 7.89. The lowest BCUT2D eigenvalue weighted by Gasteiger charge is -2.18. The summed E-state index contributed by atoms with van der Waals surface area (Å²) in [7, 11) is -2.30. The van der Waals surface area contributed by atoms with Gasteiger partial charge in [-0.1, -0.05) is 6.07 Å². The number of aromatic nitrogens is 1. The Bertz CT molecular complexity index is 879. The second kappa shape index (κ2) is 7.84. The predicted molar refractivity (Wildman–Crippen MR) is 96.4 cm³/mol. The number of benzene rings is 1. The van der Waals surface area contributed by atoms with Crippen LogP contribution in [0.15, 0.2) is 47.6 Å². The summed E-state index contributed by atoms with van der Waals surface area (Å²) in [4.78, 5) is 18.4. The molecule has 0 bridgehead atoms. The third-order valence-electron chi connectivity index (χ3n) is 4.29. The highest BCUT2D eigenvalue weighted by Gasteiger charge is 2.25. The van der Waals surface area contributed by atoms with Crippen molar-refractivity contribution in [3.63, 3.8) is 0 Å². The van der Waals surface area contributed by atoms with Gasteiger partial charge >= 0.3 is 0 Å². The number of sulfonamides is 1. The van der Waals surface area contributed by atoms with Crippen molar-refractivity contribution in [2.24, 2.45) is 0 Å². The molecule has 138 valence electrons. The van der Waals surface area contributed by atoms with Crippen molar-refractivity contribution < 1.29 is 17.9 Å². The minimum absolute atomic E-state index is 0.0322. The minimum atomic E-state index is -3.77. The van der Waals surface area contributed by atoms with Crippen molar-refractivity contribution in [1.29, 1.82) is 0 Å². The molecule has 1 saturated heterocycles. The number of pyridine rings is 1. The topological polar surface area (TPSA) is 88.6 Å². The molecular formula is C18H21N3O4S. The molecule has 0 spiro atoms. The molecule has 0 atom stereocenters. The summed E-state index contributed by atoms with van der Waals surface area (Å²) < 4.78 is 33.0. The van der Waals surface area contributed by atoms with Crippen molar-refractivity contribution in [2.45, 2.75) is 24.3 Å². The fourth-order valence-electron chi connectivity index (χ4n) is 2.88. The molecular weight excluding hydrogens is 354 g/mol. The summed E-state index contributed by atoms with van der Waals surface area (Å²) >= 11 is 0. The smallest absolute Gasteiger partial charge is 0.257 e. The molecule has 1 aromatic carbocycles. The lowest BCUT2D eigenvalue weighted by molar-refractivity contribution is 0.0789. The third-order valence-corrected chi connectivity index (χ3v) is 5.69. The molecule has 1 N–H and O–H groups in total. The van der Waals surface area contributed by atoms with E-state index in [1.165, 1.54) is 25.3 Å². The normalized spacial score (nSPS) is 14.4. The second-order valence-electron chi connectivity index (χ2n) is 6.05. The van der Waals surface area contributed by atoms with Crippen LogP contribution in [0.2, 0.25) is 0 Å². The quantitative estimate of drug-likeness (QED) is 0.832. The summed E-state index contributed by atoms with van der Waals surface area (Å²) in [5.74, 6) is 0.164.